The first kappa shape index (κ1) is 23.3. The summed E-state index contributed by atoms with van der Waals surface area (Å²) in [6.07, 6.45) is 6.86. The SMILES string of the molecule is C[C@@H](O)[C@H]1C(=O)N2C(C(=O)O)=C(c3cn4cnc(C(=O)c5ccc[n+](CCCN)c5)c4s3)[C@H](C)[C@H]12. The summed E-state index contributed by atoms with van der Waals surface area (Å²) in [7, 11) is 0. The molecular weight excluding hydrogens is 470 g/mol. The molecule has 4 atom stereocenters. The van der Waals surface area contributed by atoms with Crippen LogP contribution in [0.25, 0.3) is 10.4 Å². The van der Waals surface area contributed by atoms with E-state index in [0.717, 1.165) is 6.42 Å². The van der Waals surface area contributed by atoms with E-state index in [4.69, 9.17) is 5.73 Å². The molecular formula is C24H26N5O5S+. The summed E-state index contributed by atoms with van der Waals surface area (Å²) < 4.78 is 3.62. The average molecular weight is 497 g/mol. The predicted octanol–water partition coefficient (Wildman–Crippen LogP) is 0.916. The van der Waals surface area contributed by atoms with E-state index in [-0.39, 0.29) is 29.0 Å². The number of carbonyl (C=O) groups excluding carboxylic acids is 2. The lowest BCUT2D eigenvalue weighted by Gasteiger charge is -2.46. The van der Waals surface area contributed by atoms with Crippen molar-refractivity contribution in [1.82, 2.24) is 14.3 Å². The minimum Gasteiger partial charge on any atom is -0.477 e. The number of nitrogens with zero attached hydrogens (tertiary/aromatic N) is 4. The number of aliphatic hydroxyl groups is 1. The number of carbonyl (C=O) groups is 3. The van der Waals surface area contributed by atoms with E-state index in [2.05, 4.69) is 4.98 Å². The summed E-state index contributed by atoms with van der Waals surface area (Å²) >= 11 is 1.27. The molecule has 0 unspecified atom stereocenters. The standard InChI is InChI=1S/C24H25N5O5S/c1-12-16(20(24(33)34)29-19(12)17(13(2)30)22(29)32)15-10-28-11-26-18(23(28)35-15)21(31)14-5-3-7-27(9-14)8-4-6-25/h3,5,7,9-13,17,19,30H,4,6,8,25H2,1-2H3/p+1/t12-,13+,17+,19+/m0/s1. The fourth-order valence-corrected chi connectivity index (χ4v) is 6.39. The lowest BCUT2D eigenvalue weighted by molar-refractivity contribution is -0.697. The minimum absolute atomic E-state index is 0.0567. The molecule has 3 aromatic rings. The van der Waals surface area contributed by atoms with Crippen molar-refractivity contribution < 1.29 is 29.2 Å². The van der Waals surface area contributed by atoms with Crippen molar-refractivity contribution in [3.05, 3.63) is 58.9 Å². The highest BCUT2D eigenvalue weighted by Gasteiger charge is 2.60. The van der Waals surface area contributed by atoms with Crippen molar-refractivity contribution in [3.63, 3.8) is 0 Å². The molecule has 2 aliphatic heterocycles. The number of carboxylic acids is 1. The summed E-state index contributed by atoms with van der Waals surface area (Å²) in [5.41, 5.74) is 6.84. The number of amides is 1. The third-order valence-corrected chi connectivity index (χ3v) is 7.95. The number of rotatable bonds is 8. The normalized spacial score (nSPS) is 22.5. The number of pyridine rings is 1. The topological polar surface area (TPSA) is 142 Å². The molecule has 0 bridgehead atoms. The number of aromatic nitrogens is 3. The molecule has 0 aliphatic carbocycles. The number of carboxylic acid groups (broad SMARTS) is 1. The number of thiazole rings is 1. The van der Waals surface area contributed by atoms with Gasteiger partial charge in [-0.15, -0.1) is 11.3 Å². The number of aryl methyl sites for hydroxylation is 1. The Hall–Kier alpha value is -3.41. The Labute approximate surface area is 204 Å². The largest absolute Gasteiger partial charge is 0.477 e. The Morgan fingerprint density at radius 1 is 1.37 bits per heavy atom. The van der Waals surface area contributed by atoms with Gasteiger partial charge in [-0.2, -0.15) is 0 Å². The molecule has 10 nitrogen and oxygen atoms in total. The Morgan fingerprint density at radius 2 is 2.14 bits per heavy atom. The van der Waals surface area contributed by atoms with Gasteiger partial charge in [-0.05, 0) is 19.5 Å². The second kappa shape index (κ2) is 8.67. The van der Waals surface area contributed by atoms with Gasteiger partial charge in [0.2, 0.25) is 11.7 Å². The zero-order valence-electron chi connectivity index (χ0n) is 19.3. The van der Waals surface area contributed by atoms with Crippen LogP contribution in [0.5, 0.6) is 0 Å². The van der Waals surface area contributed by atoms with Crippen molar-refractivity contribution in [2.75, 3.05) is 6.54 Å². The number of hydrogen-bond donors (Lipinski definition) is 3. The molecule has 1 saturated heterocycles. The van der Waals surface area contributed by atoms with E-state index in [0.29, 0.717) is 33.9 Å². The highest BCUT2D eigenvalue weighted by molar-refractivity contribution is 7.18. The van der Waals surface area contributed by atoms with Crippen LogP contribution in [0.2, 0.25) is 0 Å². The van der Waals surface area contributed by atoms with Gasteiger partial charge in [-0.3, -0.25) is 14.0 Å². The van der Waals surface area contributed by atoms with Crippen molar-refractivity contribution in [3.8, 4) is 0 Å². The maximum atomic E-state index is 13.3. The van der Waals surface area contributed by atoms with Gasteiger partial charge in [-0.25, -0.2) is 14.3 Å². The van der Waals surface area contributed by atoms with Crippen LogP contribution in [-0.4, -0.2) is 60.8 Å². The lowest BCUT2D eigenvalue weighted by atomic mass is 9.77. The van der Waals surface area contributed by atoms with Crippen LogP contribution in [0.15, 0.2) is 42.7 Å². The molecule has 5 rings (SSSR count). The van der Waals surface area contributed by atoms with Crippen LogP contribution in [-0.2, 0) is 16.1 Å². The minimum atomic E-state index is -1.19. The summed E-state index contributed by atoms with van der Waals surface area (Å²) in [5.74, 6) is -2.72. The van der Waals surface area contributed by atoms with Crippen molar-refractivity contribution in [2.45, 2.75) is 39.0 Å². The highest BCUT2D eigenvalue weighted by atomic mass is 32.1. The average Bonchev–Trinajstić information content (AvgIpc) is 3.47. The van der Waals surface area contributed by atoms with E-state index >= 15 is 0 Å². The van der Waals surface area contributed by atoms with Crippen molar-refractivity contribution in [1.29, 1.82) is 0 Å². The van der Waals surface area contributed by atoms with Gasteiger partial charge in [0.15, 0.2) is 12.4 Å². The van der Waals surface area contributed by atoms with Crippen LogP contribution < -0.4 is 10.3 Å². The summed E-state index contributed by atoms with van der Waals surface area (Å²) in [4.78, 5) is 45.0. The second-order valence-electron chi connectivity index (χ2n) is 9.02. The molecule has 0 aromatic carbocycles. The van der Waals surface area contributed by atoms with Gasteiger partial charge >= 0.3 is 5.97 Å². The summed E-state index contributed by atoms with van der Waals surface area (Å²) in [6, 6.07) is 3.14. The molecule has 2 aliphatic rings. The van der Waals surface area contributed by atoms with Crippen molar-refractivity contribution in [2.24, 2.45) is 17.6 Å². The number of ketones is 1. The number of β-lactam (4-membered cyclic amide) rings is 1. The monoisotopic (exact) mass is 496 g/mol. The molecule has 0 radical (unpaired) electrons. The maximum absolute atomic E-state index is 13.3. The lowest BCUT2D eigenvalue weighted by Crippen LogP contribution is -2.63. The number of aliphatic hydroxyl groups excluding tert-OH is 1. The van der Waals surface area contributed by atoms with Gasteiger partial charge in [-0.1, -0.05) is 6.92 Å². The zero-order chi connectivity index (χ0) is 25.0. The van der Waals surface area contributed by atoms with Gasteiger partial charge in [0.25, 0.3) is 0 Å². The van der Waals surface area contributed by atoms with Crippen LogP contribution >= 0.6 is 11.3 Å². The second-order valence-corrected chi connectivity index (χ2v) is 10.1. The van der Waals surface area contributed by atoms with E-state index in [1.54, 1.807) is 35.9 Å². The summed E-state index contributed by atoms with van der Waals surface area (Å²) in [6.45, 7) is 4.67. The zero-order valence-corrected chi connectivity index (χ0v) is 20.1. The summed E-state index contributed by atoms with van der Waals surface area (Å²) in [5, 5.41) is 20.0. The van der Waals surface area contributed by atoms with Crippen LogP contribution in [0.3, 0.4) is 0 Å². The van der Waals surface area contributed by atoms with Crippen molar-refractivity contribution >= 4 is 39.4 Å². The quantitative estimate of drug-likeness (QED) is 0.239. The molecule has 4 N–H and O–H groups in total. The first-order valence-corrected chi connectivity index (χ1v) is 12.3. The molecule has 5 heterocycles. The Kier molecular flexibility index (Phi) is 5.78. The molecule has 1 fully saturated rings. The molecule has 1 amide bonds. The Balaban J connectivity index is 1.53. The van der Waals surface area contributed by atoms with Gasteiger partial charge < -0.3 is 20.8 Å². The number of hydrogen-bond acceptors (Lipinski definition) is 7. The molecule has 182 valence electrons. The maximum Gasteiger partial charge on any atom is 0.352 e. The Morgan fingerprint density at radius 3 is 2.83 bits per heavy atom. The van der Waals surface area contributed by atoms with Crippen LogP contribution in [0, 0.1) is 11.8 Å². The van der Waals surface area contributed by atoms with Crippen LogP contribution in [0.4, 0.5) is 0 Å². The van der Waals surface area contributed by atoms with E-state index in [1.165, 1.54) is 22.6 Å². The first-order valence-electron chi connectivity index (χ1n) is 11.4. The molecule has 0 saturated carbocycles. The third kappa shape index (κ3) is 3.58. The predicted molar refractivity (Wildman–Crippen MR) is 126 cm³/mol. The molecule has 0 spiro atoms. The number of fused-ring (bicyclic) bond motifs is 2. The van der Waals surface area contributed by atoms with E-state index in [1.807, 2.05) is 17.7 Å². The number of nitrogens with two attached hydrogens (primary N) is 1. The van der Waals surface area contributed by atoms with E-state index < -0.39 is 24.0 Å². The van der Waals surface area contributed by atoms with Crippen LogP contribution in [0.1, 0.15) is 41.2 Å². The van der Waals surface area contributed by atoms with Gasteiger partial charge in [0, 0.05) is 30.2 Å². The third-order valence-electron chi connectivity index (χ3n) is 6.81. The number of aliphatic carboxylic acids is 1. The van der Waals surface area contributed by atoms with Gasteiger partial charge in [0.1, 0.15) is 29.1 Å². The number of imidazole rings is 1. The first-order chi connectivity index (χ1) is 16.7. The van der Waals surface area contributed by atoms with Gasteiger partial charge in [0.05, 0.1) is 28.5 Å². The fourth-order valence-electron chi connectivity index (χ4n) is 5.18. The molecule has 35 heavy (non-hydrogen) atoms. The molecule has 11 heteroatoms. The fraction of sp³-hybridized carbons (Fsp3) is 0.375. The Bertz CT molecular complexity index is 1390. The smallest absolute Gasteiger partial charge is 0.352 e. The molecule has 3 aromatic heterocycles. The van der Waals surface area contributed by atoms with E-state index in [9.17, 15) is 24.6 Å². The highest BCUT2D eigenvalue weighted by Crippen LogP contribution is 2.51.